The summed E-state index contributed by atoms with van der Waals surface area (Å²) in [6, 6.07) is 6.65. The largest absolute Gasteiger partial charge is 0.313 e. The molecule has 3 nitrogen and oxygen atoms in total. The SMILES string of the molecule is O=S(=O)(CC1CCN1)c1ccccc1Cl. The molecule has 1 atom stereocenters. The molecule has 1 N–H and O–H groups in total. The van der Waals surface area contributed by atoms with Crippen molar-refractivity contribution in [3.8, 4) is 0 Å². The molecule has 1 saturated heterocycles. The van der Waals surface area contributed by atoms with E-state index in [2.05, 4.69) is 5.32 Å². The minimum Gasteiger partial charge on any atom is -0.313 e. The molecule has 15 heavy (non-hydrogen) atoms. The molecule has 1 aliphatic heterocycles. The summed E-state index contributed by atoms with van der Waals surface area (Å²) in [4.78, 5) is 0.236. The lowest BCUT2D eigenvalue weighted by Gasteiger charge is -2.27. The summed E-state index contributed by atoms with van der Waals surface area (Å²) in [5.41, 5.74) is 0. The van der Waals surface area contributed by atoms with Gasteiger partial charge in [-0.3, -0.25) is 0 Å². The van der Waals surface area contributed by atoms with E-state index in [4.69, 9.17) is 11.6 Å². The highest BCUT2D eigenvalue weighted by Crippen LogP contribution is 2.23. The van der Waals surface area contributed by atoms with Crippen LogP contribution < -0.4 is 5.32 Å². The van der Waals surface area contributed by atoms with Crippen LogP contribution in [0, 0.1) is 0 Å². The lowest BCUT2D eigenvalue weighted by molar-refractivity contribution is 0.399. The molecule has 0 bridgehead atoms. The average Bonchev–Trinajstić information content (AvgIpc) is 2.12. The van der Waals surface area contributed by atoms with Crippen molar-refractivity contribution in [2.24, 2.45) is 0 Å². The molecule has 82 valence electrons. The topological polar surface area (TPSA) is 46.2 Å². The zero-order valence-corrected chi connectivity index (χ0v) is 9.68. The van der Waals surface area contributed by atoms with Gasteiger partial charge in [-0.15, -0.1) is 0 Å². The van der Waals surface area contributed by atoms with E-state index < -0.39 is 9.84 Å². The molecule has 1 aliphatic rings. The smallest absolute Gasteiger partial charge is 0.181 e. The Labute approximate surface area is 94.4 Å². The van der Waals surface area contributed by atoms with E-state index >= 15 is 0 Å². The third-order valence-electron chi connectivity index (χ3n) is 2.52. The maximum atomic E-state index is 11.9. The summed E-state index contributed by atoms with van der Waals surface area (Å²) in [5.74, 6) is 0.136. The Hall–Kier alpha value is -0.580. The Morgan fingerprint density at radius 1 is 1.40 bits per heavy atom. The first-order valence-electron chi connectivity index (χ1n) is 4.80. The first-order valence-corrected chi connectivity index (χ1v) is 6.83. The summed E-state index contributed by atoms with van der Waals surface area (Å²) >= 11 is 5.85. The van der Waals surface area contributed by atoms with Gasteiger partial charge in [0.05, 0.1) is 15.7 Å². The zero-order chi connectivity index (χ0) is 10.9. The third kappa shape index (κ3) is 2.33. The number of benzene rings is 1. The van der Waals surface area contributed by atoms with Crippen molar-refractivity contribution in [2.45, 2.75) is 17.4 Å². The Bertz CT molecular complexity index is 454. The summed E-state index contributed by atoms with van der Waals surface area (Å²) in [6.45, 7) is 0.905. The first kappa shape index (κ1) is 10.9. The normalized spacial score (nSPS) is 21.0. The van der Waals surface area contributed by atoms with Crippen molar-refractivity contribution in [1.29, 1.82) is 0 Å². The van der Waals surface area contributed by atoms with Gasteiger partial charge in [-0.05, 0) is 25.1 Å². The van der Waals surface area contributed by atoms with E-state index in [1.807, 2.05) is 0 Å². The molecule has 1 heterocycles. The van der Waals surface area contributed by atoms with Gasteiger partial charge in [-0.25, -0.2) is 8.42 Å². The standard InChI is InChI=1S/C10H12ClNO2S/c11-9-3-1-2-4-10(9)15(13,14)7-8-5-6-12-8/h1-4,8,12H,5-7H2. The molecular weight excluding hydrogens is 234 g/mol. The maximum absolute atomic E-state index is 11.9. The molecular formula is C10H12ClNO2S. The molecule has 0 radical (unpaired) electrons. The summed E-state index contributed by atoms with van der Waals surface area (Å²) < 4.78 is 23.9. The van der Waals surface area contributed by atoms with Crippen LogP contribution in [0.15, 0.2) is 29.2 Å². The summed E-state index contributed by atoms with van der Waals surface area (Å²) in [5, 5.41) is 3.37. The van der Waals surface area contributed by atoms with Crippen molar-refractivity contribution < 1.29 is 8.42 Å². The first-order chi connectivity index (χ1) is 7.09. The molecule has 1 aromatic rings. The maximum Gasteiger partial charge on any atom is 0.181 e. The minimum absolute atomic E-state index is 0.0891. The third-order valence-corrected chi connectivity index (χ3v) is 4.83. The van der Waals surface area contributed by atoms with Crippen LogP contribution >= 0.6 is 11.6 Å². The lowest BCUT2D eigenvalue weighted by atomic mass is 10.1. The van der Waals surface area contributed by atoms with Gasteiger partial charge < -0.3 is 5.32 Å². The molecule has 0 aromatic heterocycles. The van der Waals surface area contributed by atoms with Crippen LogP contribution in [0.25, 0.3) is 0 Å². The number of hydrogen-bond acceptors (Lipinski definition) is 3. The zero-order valence-electron chi connectivity index (χ0n) is 8.11. The fourth-order valence-electron chi connectivity index (χ4n) is 1.54. The van der Waals surface area contributed by atoms with Crippen molar-refractivity contribution >= 4 is 21.4 Å². The average molecular weight is 246 g/mol. The molecule has 1 fully saturated rings. The summed E-state index contributed by atoms with van der Waals surface area (Å²) in [6.07, 6.45) is 0.920. The monoisotopic (exact) mass is 245 g/mol. The molecule has 1 unspecified atom stereocenters. The van der Waals surface area contributed by atoms with E-state index in [0.29, 0.717) is 5.02 Å². The van der Waals surface area contributed by atoms with Crippen LogP contribution in [0.4, 0.5) is 0 Å². The summed E-state index contributed by atoms with van der Waals surface area (Å²) in [7, 11) is -3.25. The number of nitrogens with one attached hydrogen (secondary N) is 1. The van der Waals surface area contributed by atoms with Gasteiger partial charge in [0.1, 0.15) is 0 Å². The Morgan fingerprint density at radius 2 is 2.07 bits per heavy atom. The van der Waals surface area contributed by atoms with Crippen molar-refractivity contribution in [2.75, 3.05) is 12.3 Å². The van der Waals surface area contributed by atoms with Crippen LogP contribution in [0.5, 0.6) is 0 Å². The van der Waals surface area contributed by atoms with Crippen molar-refractivity contribution in [1.82, 2.24) is 5.32 Å². The highest BCUT2D eigenvalue weighted by molar-refractivity contribution is 7.91. The van der Waals surface area contributed by atoms with Gasteiger partial charge in [-0.2, -0.15) is 0 Å². The molecule has 5 heteroatoms. The van der Waals surface area contributed by atoms with E-state index in [1.165, 1.54) is 0 Å². The van der Waals surface area contributed by atoms with Crippen LogP contribution in [0.1, 0.15) is 6.42 Å². The van der Waals surface area contributed by atoms with E-state index in [1.54, 1.807) is 24.3 Å². The number of hydrogen-bond donors (Lipinski definition) is 1. The number of sulfone groups is 1. The van der Waals surface area contributed by atoms with Crippen LogP contribution in [-0.4, -0.2) is 26.8 Å². The number of halogens is 1. The van der Waals surface area contributed by atoms with Crippen molar-refractivity contribution in [3.05, 3.63) is 29.3 Å². The van der Waals surface area contributed by atoms with Gasteiger partial charge in [0, 0.05) is 6.04 Å². The predicted octanol–water partition coefficient (Wildman–Crippen LogP) is 1.48. The molecule has 0 saturated carbocycles. The Balaban J connectivity index is 2.24. The lowest BCUT2D eigenvalue weighted by Crippen LogP contribution is -2.47. The van der Waals surface area contributed by atoms with Gasteiger partial charge in [0.2, 0.25) is 0 Å². The van der Waals surface area contributed by atoms with Crippen LogP contribution in [0.2, 0.25) is 5.02 Å². The molecule has 1 aromatic carbocycles. The second kappa shape index (κ2) is 4.12. The van der Waals surface area contributed by atoms with E-state index in [9.17, 15) is 8.42 Å². The quantitative estimate of drug-likeness (QED) is 0.878. The van der Waals surface area contributed by atoms with Gasteiger partial charge in [0.25, 0.3) is 0 Å². The van der Waals surface area contributed by atoms with Crippen LogP contribution in [-0.2, 0) is 9.84 Å². The second-order valence-corrected chi connectivity index (χ2v) is 6.06. The fourth-order valence-corrected chi connectivity index (χ4v) is 3.68. The van der Waals surface area contributed by atoms with E-state index in [0.717, 1.165) is 13.0 Å². The minimum atomic E-state index is -3.25. The van der Waals surface area contributed by atoms with E-state index in [-0.39, 0.29) is 16.7 Å². The second-order valence-electron chi connectivity index (χ2n) is 3.65. The van der Waals surface area contributed by atoms with Crippen LogP contribution in [0.3, 0.4) is 0 Å². The predicted molar refractivity (Wildman–Crippen MR) is 59.9 cm³/mol. The van der Waals surface area contributed by atoms with Gasteiger partial charge in [-0.1, -0.05) is 23.7 Å². The van der Waals surface area contributed by atoms with Gasteiger partial charge >= 0.3 is 0 Å². The Morgan fingerprint density at radius 3 is 2.60 bits per heavy atom. The molecule has 2 rings (SSSR count). The van der Waals surface area contributed by atoms with Crippen molar-refractivity contribution in [3.63, 3.8) is 0 Å². The molecule has 0 amide bonds. The molecule has 0 spiro atoms. The number of rotatable bonds is 3. The highest BCUT2D eigenvalue weighted by atomic mass is 35.5. The highest BCUT2D eigenvalue weighted by Gasteiger charge is 2.26. The van der Waals surface area contributed by atoms with Gasteiger partial charge in [0.15, 0.2) is 9.84 Å². The Kier molecular flexibility index (Phi) is 3.00. The fraction of sp³-hybridized carbons (Fsp3) is 0.400. The molecule has 0 aliphatic carbocycles.